The molecule has 1 aromatic carbocycles. The van der Waals surface area contributed by atoms with E-state index in [-0.39, 0.29) is 54.5 Å². The minimum absolute atomic E-state index is 0.0746. The first-order chi connectivity index (χ1) is 22.2. The fourth-order valence-electron chi connectivity index (χ4n) is 7.08. The number of hydrogen-bond acceptors (Lipinski definition) is 6. The van der Waals surface area contributed by atoms with Crippen LogP contribution in [0.25, 0.3) is 0 Å². The van der Waals surface area contributed by atoms with Crippen LogP contribution in [0.15, 0.2) is 18.2 Å². The van der Waals surface area contributed by atoms with Crippen molar-refractivity contribution in [3.8, 4) is 5.75 Å². The molecule has 1 aliphatic heterocycles. The molecule has 0 saturated heterocycles. The van der Waals surface area contributed by atoms with Crippen LogP contribution in [0.1, 0.15) is 115 Å². The normalized spacial score (nSPS) is 25.0. The molecule has 0 spiro atoms. The van der Waals surface area contributed by atoms with E-state index in [9.17, 15) is 19.5 Å². The third-order valence-corrected chi connectivity index (χ3v) is 10.0. The Morgan fingerprint density at radius 3 is 2.37 bits per heavy atom. The Morgan fingerprint density at radius 1 is 1.00 bits per heavy atom. The van der Waals surface area contributed by atoms with Crippen molar-refractivity contribution in [3.63, 3.8) is 0 Å². The van der Waals surface area contributed by atoms with Crippen LogP contribution >= 0.6 is 0 Å². The topological polar surface area (TPSA) is 120 Å². The Balaban J connectivity index is 1.56. The van der Waals surface area contributed by atoms with Crippen LogP contribution in [0.2, 0.25) is 0 Å². The number of aliphatic hydroxyl groups excluding tert-OH is 1. The van der Waals surface area contributed by atoms with Crippen LogP contribution in [0, 0.1) is 11.8 Å². The van der Waals surface area contributed by atoms with Crippen LogP contribution in [0.5, 0.6) is 5.75 Å². The largest absolute Gasteiger partial charge is 0.490 e. The quantitative estimate of drug-likeness (QED) is 0.337. The Labute approximate surface area is 275 Å². The number of nitrogens with zero attached hydrogens (tertiary/aromatic N) is 2. The highest BCUT2D eigenvalue weighted by Gasteiger charge is 2.32. The molecule has 2 aliphatic carbocycles. The van der Waals surface area contributed by atoms with Gasteiger partial charge in [-0.3, -0.25) is 9.59 Å². The molecule has 2 fully saturated rings. The number of anilines is 1. The molecule has 258 valence electrons. The second kappa shape index (κ2) is 17.9. The molecule has 10 nitrogen and oxygen atoms in total. The zero-order valence-electron chi connectivity index (χ0n) is 28.6. The second-order valence-corrected chi connectivity index (χ2v) is 14.0. The van der Waals surface area contributed by atoms with E-state index in [1.807, 2.05) is 32.7 Å². The lowest BCUT2D eigenvalue weighted by atomic mass is 9.88. The number of likely N-dealkylation sites (N-methyl/N-ethyl adjacent to an activating group) is 1. The van der Waals surface area contributed by atoms with Gasteiger partial charge in [0.15, 0.2) is 0 Å². The first-order valence-corrected chi connectivity index (χ1v) is 17.8. The van der Waals surface area contributed by atoms with Gasteiger partial charge in [0.25, 0.3) is 5.91 Å². The molecule has 2 saturated carbocycles. The van der Waals surface area contributed by atoms with Gasteiger partial charge < -0.3 is 35.0 Å². The maximum atomic E-state index is 14.4. The number of nitrogens with one attached hydrogen (secondary N) is 2. The number of ether oxygens (including phenoxy) is 2. The van der Waals surface area contributed by atoms with E-state index >= 15 is 0 Å². The van der Waals surface area contributed by atoms with E-state index in [1.54, 1.807) is 23.1 Å². The van der Waals surface area contributed by atoms with Crippen molar-refractivity contribution in [1.82, 2.24) is 15.1 Å². The van der Waals surface area contributed by atoms with E-state index in [2.05, 4.69) is 10.6 Å². The van der Waals surface area contributed by atoms with Gasteiger partial charge in [-0.2, -0.15) is 0 Å². The SMILES string of the molecule is C[C@@H]1CCCCO[C@H](CN(C)C(=O)C2CCCCC2)[C@H](C)CN([C@@H](C)CO)C(=O)c2cc(NC(=O)NC3CCCCC3)ccc2O1. The van der Waals surface area contributed by atoms with E-state index in [4.69, 9.17) is 9.47 Å². The highest BCUT2D eigenvalue weighted by molar-refractivity contribution is 5.99. The van der Waals surface area contributed by atoms with E-state index < -0.39 is 6.04 Å². The maximum absolute atomic E-state index is 14.4. The number of carbonyl (C=O) groups excluding carboxylic acids is 3. The molecule has 0 aromatic heterocycles. The number of amides is 4. The van der Waals surface area contributed by atoms with Crippen LogP contribution < -0.4 is 15.4 Å². The lowest BCUT2D eigenvalue weighted by molar-refractivity contribution is -0.137. The van der Waals surface area contributed by atoms with Crippen LogP contribution in [-0.4, -0.2) is 90.4 Å². The van der Waals surface area contributed by atoms with Gasteiger partial charge in [0.1, 0.15) is 5.75 Å². The maximum Gasteiger partial charge on any atom is 0.319 e. The summed E-state index contributed by atoms with van der Waals surface area (Å²) in [6, 6.07) is 4.62. The van der Waals surface area contributed by atoms with Gasteiger partial charge in [-0.1, -0.05) is 45.4 Å². The zero-order chi connectivity index (χ0) is 33.1. The zero-order valence-corrected chi connectivity index (χ0v) is 28.6. The minimum atomic E-state index is -0.471. The number of urea groups is 1. The molecule has 0 unspecified atom stereocenters. The summed E-state index contributed by atoms with van der Waals surface area (Å²) in [5.74, 6) is 0.313. The van der Waals surface area contributed by atoms with Crippen LogP contribution in [0.3, 0.4) is 0 Å². The highest BCUT2D eigenvalue weighted by Crippen LogP contribution is 2.29. The Morgan fingerprint density at radius 2 is 1.67 bits per heavy atom. The van der Waals surface area contributed by atoms with E-state index in [0.29, 0.717) is 36.7 Å². The molecule has 0 radical (unpaired) electrons. The summed E-state index contributed by atoms with van der Waals surface area (Å²) in [6.07, 6.45) is 12.8. The number of fused-ring (bicyclic) bond motifs is 1. The van der Waals surface area contributed by atoms with Crippen molar-refractivity contribution < 1.29 is 29.0 Å². The molecule has 1 heterocycles. The summed E-state index contributed by atoms with van der Waals surface area (Å²) >= 11 is 0. The smallest absolute Gasteiger partial charge is 0.319 e. The summed E-state index contributed by atoms with van der Waals surface area (Å²) in [5, 5.41) is 16.2. The third kappa shape index (κ3) is 10.3. The van der Waals surface area contributed by atoms with Gasteiger partial charge in [0, 0.05) is 50.3 Å². The van der Waals surface area contributed by atoms with Crippen molar-refractivity contribution >= 4 is 23.5 Å². The van der Waals surface area contributed by atoms with Crippen LogP contribution in [-0.2, 0) is 9.53 Å². The monoisotopic (exact) mass is 642 g/mol. The molecule has 3 N–H and O–H groups in total. The minimum Gasteiger partial charge on any atom is -0.490 e. The van der Waals surface area contributed by atoms with Gasteiger partial charge in [-0.05, 0) is 77.0 Å². The first kappa shape index (κ1) is 36.0. The first-order valence-electron chi connectivity index (χ1n) is 17.8. The fourth-order valence-corrected chi connectivity index (χ4v) is 7.08. The lowest BCUT2D eigenvalue weighted by Crippen LogP contribution is -2.48. The van der Waals surface area contributed by atoms with E-state index in [1.165, 1.54) is 12.8 Å². The summed E-state index contributed by atoms with van der Waals surface area (Å²) in [7, 11) is 1.87. The lowest BCUT2D eigenvalue weighted by Gasteiger charge is -2.36. The second-order valence-electron chi connectivity index (χ2n) is 14.0. The van der Waals surface area contributed by atoms with Gasteiger partial charge in [0.2, 0.25) is 5.91 Å². The van der Waals surface area contributed by atoms with Crippen molar-refractivity contribution in [2.24, 2.45) is 11.8 Å². The average molecular weight is 643 g/mol. The molecule has 46 heavy (non-hydrogen) atoms. The Bertz CT molecular complexity index is 1140. The van der Waals surface area contributed by atoms with Crippen molar-refractivity contribution in [2.45, 2.75) is 129 Å². The molecule has 4 rings (SSSR count). The number of carbonyl (C=O) groups is 3. The van der Waals surface area contributed by atoms with Gasteiger partial charge in [-0.25, -0.2) is 4.79 Å². The predicted molar refractivity (Wildman–Crippen MR) is 180 cm³/mol. The molecule has 1 aromatic rings. The number of aliphatic hydroxyl groups is 1. The molecule has 4 amide bonds. The predicted octanol–water partition coefficient (Wildman–Crippen LogP) is 5.98. The van der Waals surface area contributed by atoms with Crippen molar-refractivity contribution in [2.75, 3.05) is 38.7 Å². The summed E-state index contributed by atoms with van der Waals surface area (Å²) in [4.78, 5) is 44.1. The van der Waals surface area contributed by atoms with Gasteiger partial charge >= 0.3 is 6.03 Å². The molecule has 4 atom stereocenters. The van der Waals surface area contributed by atoms with Gasteiger partial charge in [-0.15, -0.1) is 0 Å². The van der Waals surface area contributed by atoms with Crippen molar-refractivity contribution in [3.05, 3.63) is 23.8 Å². The fraction of sp³-hybridized carbons (Fsp3) is 0.750. The highest BCUT2D eigenvalue weighted by atomic mass is 16.5. The third-order valence-electron chi connectivity index (χ3n) is 10.0. The average Bonchev–Trinajstić information content (AvgIpc) is 3.06. The van der Waals surface area contributed by atoms with Crippen molar-refractivity contribution in [1.29, 1.82) is 0 Å². The Kier molecular flexibility index (Phi) is 14.0. The number of benzene rings is 1. The number of rotatable bonds is 7. The standard InChI is InChI=1S/C36H58N4O6/c1-25-22-40(26(2)24-41)35(43)31-21-30(38-36(44)37-29-16-9-6-10-17-29)18-19-32(31)46-27(3)13-11-12-20-45-33(25)23-39(4)34(42)28-14-7-5-8-15-28/h18-19,21,25-29,33,41H,5-17,20,22-24H2,1-4H3,(H2,37,38,44)/t25-,26+,27-,33-/m1/s1. The van der Waals surface area contributed by atoms with Crippen LogP contribution in [0.4, 0.5) is 10.5 Å². The molecule has 3 aliphatic rings. The summed E-state index contributed by atoms with van der Waals surface area (Å²) < 4.78 is 12.8. The van der Waals surface area contributed by atoms with Gasteiger partial charge in [0.05, 0.1) is 30.4 Å². The Hall–Kier alpha value is -2.85. The summed E-state index contributed by atoms with van der Waals surface area (Å²) in [6.45, 7) is 7.00. The summed E-state index contributed by atoms with van der Waals surface area (Å²) in [5.41, 5.74) is 0.848. The number of hydrogen-bond donors (Lipinski definition) is 3. The molecule has 0 bridgehead atoms. The molecular formula is C36H58N4O6. The van der Waals surface area contributed by atoms with E-state index in [0.717, 1.165) is 70.6 Å². The molecular weight excluding hydrogens is 584 g/mol. The molecule has 10 heteroatoms.